The predicted molar refractivity (Wildman–Crippen MR) is 76.2 cm³/mol. The van der Waals surface area contributed by atoms with Gasteiger partial charge in [-0.2, -0.15) is 0 Å². The molecule has 2 aromatic rings. The van der Waals surface area contributed by atoms with E-state index in [0.717, 1.165) is 0 Å². The normalized spacial score (nSPS) is 14.1. The Morgan fingerprint density at radius 2 is 2.20 bits per heavy atom. The zero-order valence-corrected chi connectivity index (χ0v) is 12.5. The molecule has 0 spiro atoms. The van der Waals surface area contributed by atoms with E-state index in [-0.39, 0.29) is 22.4 Å². The number of hydrogen-bond donors (Lipinski definition) is 3. The first kappa shape index (κ1) is 15.0. The number of furan rings is 1. The van der Waals surface area contributed by atoms with Crippen molar-refractivity contribution < 1.29 is 14.3 Å². The number of carbonyl (C=O) groups is 1. The molecule has 2 rings (SSSR count). The highest BCUT2D eigenvalue weighted by Gasteiger charge is 2.27. The molecule has 1 amide bonds. The SMILES string of the molecule is Cc1ccc(C(C)(O)CNC(=O)c2cc(Cl)c(Cl)[nH]2)o1. The molecule has 0 aliphatic heterocycles. The van der Waals surface area contributed by atoms with E-state index >= 15 is 0 Å². The van der Waals surface area contributed by atoms with Gasteiger partial charge in [-0.05, 0) is 32.0 Å². The van der Waals surface area contributed by atoms with Crippen molar-refractivity contribution in [1.82, 2.24) is 10.3 Å². The van der Waals surface area contributed by atoms with Crippen LogP contribution >= 0.6 is 23.2 Å². The van der Waals surface area contributed by atoms with E-state index in [1.807, 2.05) is 0 Å². The molecule has 0 aromatic carbocycles. The highest BCUT2D eigenvalue weighted by atomic mass is 35.5. The number of nitrogens with one attached hydrogen (secondary N) is 2. The summed E-state index contributed by atoms with van der Waals surface area (Å²) in [6.45, 7) is 3.33. The number of aromatic amines is 1. The molecule has 20 heavy (non-hydrogen) atoms. The standard InChI is InChI=1S/C13H14Cl2N2O3/c1-7-3-4-10(20-7)13(2,19)6-16-12(18)9-5-8(14)11(15)17-9/h3-5,17,19H,6H2,1-2H3,(H,16,18). The molecule has 0 saturated heterocycles. The van der Waals surface area contributed by atoms with Gasteiger partial charge in [0.15, 0.2) is 0 Å². The number of carbonyl (C=O) groups excluding carboxylic acids is 1. The van der Waals surface area contributed by atoms with Gasteiger partial charge >= 0.3 is 0 Å². The van der Waals surface area contributed by atoms with Crippen molar-refractivity contribution in [3.05, 3.63) is 45.6 Å². The van der Waals surface area contributed by atoms with E-state index in [2.05, 4.69) is 10.3 Å². The number of H-pyrrole nitrogens is 1. The molecule has 5 nitrogen and oxygen atoms in total. The van der Waals surface area contributed by atoms with Crippen LogP contribution in [0.1, 0.15) is 28.9 Å². The van der Waals surface area contributed by atoms with E-state index in [1.54, 1.807) is 26.0 Å². The van der Waals surface area contributed by atoms with Crippen molar-refractivity contribution in [1.29, 1.82) is 0 Å². The summed E-state index contributed by atoms with van der Waals surface area (Å²) in [5.74, 6) is 0.662. The van der Waals surface area contributed by atoms with Gasteiger partial charge in [-0.25, -0.2) is 0 Å². The number of halogens is 2. The van der Waals surface area contributed by atoms with Crippen molar-refractivity contribution in [2.45, 2.75) is 19.4 Å². The molecule has 0 fully saturated rings. The van der Waals surface area contributed by atoms with Gasteiger partial charge in [0.05, 0.1) is 11.6 Å². The van der Waals surface area contributed by atoms with Crippen molar-refractivity contribution in [2.24, 2.45) is 0 Å². The van der Waals surface area contributed by atoms with Crippen molar-refractivity contribution >= 4 is 29.1 Å². The number of rotatable bonds is 4. The Bertz CT molecular complexity index is 612. The van der Waals surface area contributed by atoms with Crippen molar-refractivity contribution in [3.8, 4) is 0 Å². The third-order valence-corrected chi connectivity index (χ3v) is 3.53. The summed E-state index contributed by atoms with van der Waals surface area (Å²) in [4.78, 5) is 14.5. The van der Waals surface area contributed by atoms with E-state index in [0.29, 0.717) is 11.5 Å². The Kier molecular flexibility index (Phi) is 4.13. The first-order valence-electron chi connectivity index (χ1n) is 5.91. The van der Waals surface area contributed by atoms with Crippen LogP contribution in [0.15, 0.2) is 22.6 Å². The number of amides is 1. The summed E-state index contributed by atoms with van der Waals surface area (Å²) in [5, 5.41) is 13.3. The van der Waals surface area contributed by atoms with Crippen LogP contribution in [0.4, 0.5) is 0 Å². The topological polar surface area (TPSA) is 78.3 Å². The second-order valence-electron chi connectivity index (χ2n) is 4.71. The van der Waals surface area contributed by atoms with Crippen LogP contribution in [0.2, 0.25) is 10.2 Å². The lowest BCUT2D eigenvalue weighted by atomic mass is 10.0. The quantitative estimate of drug-likeness (QED) is 0.811. The second kappa shape index (κ2) is 5.52. The largest absolute Gasteiger partial charge is 0.463 e. The lowest BCUT2D eigenvalue weighted by Gasteiger charge is -2.21. The second-order valence-corrected chi connectivity index (χ2v) is 5.50. The average Bonchev–Trinajstić information content (AvgIpc) is 2.94. The zero-order valence-electron chi connectivity index (χ0n) is 11.0. The van der Waals surface area contributed by atoms with Gasteiger partial charge in [-0.15, -0.1) is 0 Å². The molecule has 0 aliphatic carbocycles. The van der Waals surface area contributed by atoms with Gasteiger partial charge in [0.1, 0.15) is 28.0 Å². The van der Waals surface area contributed by atoms with Gasteiger partial charge in [-0.3, -0.25) is 4.79 Å². The Hall–Kier alpha value is -1.43. The summed E-state index contributed by atoms with van der Waals surface area (Å²) in [6, 6.07) is 4.84. The minimum absolute atomic E-state index is 0.00690. The molecule has 0 bridgehead atoms. The molecule has 1 atom stereocenters. The van der Waals surface area contributed by atoms with Crippen LogP contribution in [0, 0.1) is 6.92 Å². The fraction of sp³-hybridized carbons (Fsp3) is 0.308. The van der Waals surface area contributed by atoms with Crippen LogP contribution in [0.3, 0.4) is 0 Å². The smallest absolute Gasteiger partial charge is 0.267 e. The third-order valence-electron chi connectivity index (χ3n) is 2.83. The average molecular weight is 317 g/mol. The number of aromatic nitrogens is 1. The van der Waals surface area contributed by atoms with E-state index < -0.39 is 11.5 Å². The molecule has 7 heteroatoms. The molecule has 108 valence electrons. The minimum atomic E-state index is -1.30. The Labute approximate surface area is 125 Å². The fourth-order valence-electron chi connectivity index (χ4n) is 1.69. The summed E-state index contributed by atoms with van der Waals surface area (Å²) in [7, 11) is 0. The molecule has 1 unspecified atom stereocenters. The fourth-order valence-corrected chi connectivity index (χ4v) is 2.00. The maximum absolute atomic E-state index is 11.9. The minimum Gasteiger partial charge on any atom is -0.463 e. The Balaban J connectivity index is 2.02. The first-order valence-corrected chi connectivity index (χ1v) is 6.67. The van der Waals surface area contributed by atoms with Crippen LogP contribution < -0.4 is 5.32 Å². The Morgan fingerprint density at radius 1 is 1.50 bits per heavy atom. The van der Waals surface area contributed by atoms with Gasteiger partial charge < -0.3 is 19.8 Å². The third kappa shape index (κ3) is 3.17. The summed E-state index contributed by atoms with van der Waals surface area (Å²) in [6.07, 6.45) is 0. The van der Waals surface area contributed by atoms with Crippen molar-refractivity contribution in [2.75, 3.05) is 6.54 Å². The van der Waals surface area contributed by atoms with Gasteiger partial charge in [0.2, 0.25) is 0 Å². The molecular weight excluding hydrogens is 303 g/mol. The molecule has 2 heterocycles. The predicted octanol–water partition coefficient (Wildman–Crippen LogP) is 2.86. The summed E-state index contributed by atoms with van der Waals surface area (Å²) < 4.78 is 5.36. The van der Waals surface area contributed by atoms with E-state index in [9.17, 15) is 9.90 Å². The maximum Gasteiger partial charge on any atom is 0.267 e. The molecular formula is C13H14Cl2N2O3. The summed E-state index contributed by atoms with van der Waals surface area (Å²) in [5.41, 5.74) is -1.07. The lowest BCUT2D eigenvalue weighted by Crippen LogP contribution is -2.38. The highest BCUT2D eigenvalue weighted by Crippen LogP contribution is 2.23. The van der Waals surface area contributed by atoms with Crippen LogP contribution in [-0.2, 0) is 5.60 Å². The maximum atomic E-state index is 11.9. The number of aryl methyl sites for hydroxylation is 1. The van der Waals surface area contributed by atoms with Crippen LogP contribution in [0.25, 0.3) is 0 Å². The molecule has 0 aliphatic rings. The number of aliphatic hydroxyl groups is 1. The van der Waals surface area contributed by atoms with Gasteiger partial charge in [-0.1, -0.05) is 23.2 Å². The molecule has 3 N–H and O–H groups in total. The van der Waals surface area contributed by atoms with E-state index in [4.69, 9.17) is 27.6 Å². The zero-order chi connectivity index (χ0) is 14.9. The summed E-state index contributed by atoms with van der Waals surface area (Å²) >= 11 is 11.5. The van der Waals surface area contributed by atoms with E-state index in [1.165, 1.54) is 6.07 Å². The van der Waals surface area contributed by atoms with Crippen LogP contribution in [-0.4, -0.2) is 22.5 Å². The highest BCUT2D eigenvalue weighted by molar-refractivity contribution is 6.41. The van der Waals surface area contributed by atoms with Gasteiger partial charge in [0.25, 0.3) is 5.91 Å². The first-order chi connectivity index (χ1) is 9.29. The molecule has 0 saturated carbocycles. The number of hydrogen-bond acceptors (Lipinski definition) is 3. The molecule has 2 aromatic heterocycles. The Morgan fingerprint density at radius 3 is 2.70 bits per heavy atom. The van der Waals surface area contributed by atoms with Crippen molar-refractivity contribution in [3.63, 3.8) is 0 Å². The van der Waals surface area contributed by atoms with Gasteiger partial charge in [0, 0.05) is 0 Å². The van der Waals surface area contributed by atoms with Crippen LogP contribution in [0.5, 0.6) is 0 Å². The lowest BCUT2D eigenvalue weighted by molar-refractivity contribution is 0.0322. The monoisotopic (exact) mass is 316 g/mol. The molecule has 0 radical (unpaired) electrons.